The van der Waals surface area contributed by atoms with Crippen LogP contribution in [0.25, 0.3) is 0 Å². The van der Waals surface area contributed by atoms with E-state index in [4.69, 9.17) is 4.74 Å². The first kappa shape index (κ1) is 14.9. The number of hydrogen-bond donors (Lipinski definition) is 0. The maximum Gasteiger partial charge on any atom is 0.148 e. The third kappa shape index (κ3) is 3.73. The first-order valence-corrected chi connectivity index (χ1v) is 9.01. The molecule has 1 aliphatic carbocycles. The summed E-state index contributed by atoms with van der Waals surface area (Å²) in [5, 5.41) is 0.853. The summed E-state index contributed by atoms with van der Waals surface area (Å²) in [6.45, 7) is 2.33. The molecule has 4 heteroatoms. The van der Waals surface area contributed by atoms with Gasteiger partial charge in [0, 0.05) is 5.33 Å². The summed E-state index contributed by atoms with van der Waals surface area (Å²) in [4.78, 5) is 0. The molecule has 0 bridgehead atoms. The molecule has 0 unspecified atom stereocenters. The Labute approximate surface area is 134 Å². The number of hydrogen-bond acceptors (Lipinski definition) is 1. The van der Waals surface area contributed by atoms with Gasteiger partial charge in [-0.3, -0.25) is 0 Å². The summed E-state index contributed by atoms with van der Waals surface area (Å²) >= 11 is 10.7. The molecule has 0 N–H and O–H groups in total. The maximum absolute atomic E-state index is 6.16. The predicted molar refractivity (Wildman–Crippen MR) is 86.5 cm³/mol. The molecule has 0 amide bonds. The molecule has 18 heavy (non-hydrogen) atoms. The maximum atomic E-state index is 6.16. The van der Waals surface area contributed by atoms with Crippen molar-refractivity contribution in [2.24, 2.45) is 5.92 Å². The average molecular weight is 441 g/mol. The van der Waals surface area contributed by atoms with Crippen molar-refractivity contribution >= 4 is 47.8 Å². The van der Waals surface area contributed by atoms with Gasteiger partial charge >= 0.3 is 0 Å². The van der Waals surface area contributed by atoms with E-state index in [0.29, 0.717) is 6.10 Å². The molecule has 0 aromatic heterocycles. The van der Waals surface area contributed by atoms with E-state index in [-0.39, 0.29) is 0 Å². The lowest BCUT2D eigenvalue weighted by atomic mass is 9.89. The zero-order valence-electron chi connectivity index (χ0n) is 10.4. The zero-order valence-corrected chi connectivity index (χ0v) is 15.1. The second-order valence-corrected chi connectivity index (χ2v) is 7.29. The molecule has 2 rings (SSSR count). The molecule has 0 radical (unpaired) electrons. The summed E-state index contributed by atoms with van der Waals surface area (Å²) in [7, 11) is 0. The monoisotopic (exact) mass is 438 g/mol. The minimum Gasteiger partial charge on any atom is -0.488 e. The van der Waals surface area contributed by atoms with Gasteiger partial charge in [-0.15, -0.1) is 0 Å². The van der Waals surface area contributed by atoms with Gasteiger partial charge in [-0.25, -0.2) is 0 Å². The molecule has 100 valence electrons. The highest BCUT2D eigenvalue weighted by Gasteiger charge is 2.21. The van der Waals surface area contributed by atoms with Gasteiger partial charge in [0.25, 0.3) is 0 Å². The Morgan fingerprint density at radius 3 is 2.17 bits per heavy atom. The quantitative estimate of drug-likeness (QED) is 0.519. The lowest BCUT2D eigenvalue weighted by molar-refractivity contribution is 0.134. The Hall–Kier alpha value is 0.460. The van der Waals surface area contributed by atoms with Crippen LogP contribution < -0.4 is 4.74 Å². The lowest BCUT2D eigenvalue weighted by Gasteiger charge is -2.27. The van der Waals surface area contributed by atoms with Gasteiger partial charge in [-0.1, -0.05) is 22.9 Å². The van der Waals surface area contributed by atoms with E-state index in [0.717, 1.165) is 25.9 Å². The SMILES string of the molecule is CC1CCC(Oc2c(Br)cc(CBr)cc2Br)CC1. The van der Waals surface area contributed by atoms with Crippen molar-refractivity contribution in [2.75, 3.05) is 0 Å². The summed E-state index contributed by atoms with van der Waals surface area (Å²) in [6, 6.07) is 4.22. The van der Waals surface area contributed by atoms with E-state index >= 15 is 0 Å². The van der Waals surface area contributed by atoms with Gasteiger partial charge in [0.05, 0.1) is 15.0 Å². The smallest absolute Gasteiger partial charge is 0.148 e. The number of benzene rings is 1. The Balaban J connectivity index is 2.09. The van der Waals surface area contributed by atoms with E-state index in [1.807, 2.05) is 0 Å². The fourth-order valence-electron chi connectivity index (χ4n) is 2.32. The van der Waals surface area contributed by atoms with Crippen LogP contribution in [0.15, 0.2) is 21.1 Å². The van der Waals surface area contributed by atoms with Gasteiger partial charge in [-0.2, -0.15) is 0 Å². The van der Waals surface area contributed by atoms with Crippen LogP contribution in [0.4, 0.5) is 0 Å². The van der Waals surface area contributed by atoms with Crippen molar-refractivity contribution in [1.82, 2.24) is 0 Å². The molecule has 1 nitrogen and oxygen atoms in total. The fraction of sp³-hybridized carbons (Fsp3) is 0.571. The second kappa shape index (κ2) is 6.76. The fourth-order valence-corrected chi connectivity index (χ4v) is 4.11. The Morgan fingerprint density at radius 1 is 1.11 bits per heavy atom. The van der Waals surface area contributed by atoms with E-state index in [1.54, 1.807) is 0 Å². The van der Waals surface area contributed by atoms with E-state index in [9.17, 15) is 0 Å². The standard InChI is InChI=1S/C14H17Br3O/c1-9-2-4-11(5-3-9)18-14-12(16)6-10(8-15)7-13(14)17/h6-7,9,11H,2-5,8H2,1H3. The number of alkyl halides is 1. The molecule has 0 atom stereocenters. The lowest BCUT2D eigenvalue weighted by Crippen LogP contribution is -2.23. The number of rotatable bonds is 3. The van der Waals surface area contributed by atoms with Gasteiger partial charge in [0.1, 0.15) is 5.75 Å². The minimum atomic E-state index is 0.364. The third-order valence-electron chi connectivity index (χ3n) is 3.46. The van der Waals surface area contributed by atoms with E-state index in [1.165, 1.54) is 31.2 Å². The van der Waals surface area contributed by atoms with Crippen molar-refractivity contribution in [3.8, 4) is 5.75 Å². The topological polar surface area (TPSA) is 9.23 Å². The van der Waals surface area contributed by atoms with Crippen molar-refractivity contribution in [3.63, 3.8) is 0 Å². The van der Waals surface area contributed by atoms with Crippen molar-refractivity contribution in [2.45, 2.75) is 44.0 Å². The van der Waals surface area contributed by atoms with Gasteiger partial charge in [-0.05, 0) is 81.2 Å². The van der Waals surface area contributed by atoms with Crippen molar-refractivity contribution in [1.29, 1.82) is 0 Å². The summed E-state index contributed by atoms with van der Waals surface area (Å²) in [5.41, 5.74) is 1.23. The van der Waals surface area contributed by atoms with Crippen LogP contribution in [0.5, 0.6) is 5.75 Å². The normalized spacial score (nSPS) is 24.0. The first-order valence-electron chi connectivity index (χ1n) is 6.30. The highest BCUT2D eigenvalue weighted by Crippen LogP contribution is 2.38. The van der Waals surface area contributed by atoms with E-state index < -0.39 is 0 Å². The summed E-state index contributed by atoms with van der Waals surface area (Å²) in [6.07, 6.45) is 5.25. The van der Waals surface area contributed by atoms with Gasteiger partial charge < -0.3 is 4.74 Å². The minimum absolute atomic E-state index is 0.364. The predicted octanol–water partition coefficient (Wildman–Crippen LogP) is 6.06. The van der Waals surface area contributed by atoms with Crippen LogP contribution in [0.1, 0.15) is 38.2 Å². The highest BCUT2D eigenvalue weighted by atomic mass is 79.9. The molecule has 1 fully saturated rings. The summed E-state index contributed by atoms with van der Waals surface area (Å²) in [5.74, 6) is 1.80. The van der Waals surface area contributed by atoms with Crippen LogP contribution in [0.2, 0.25) is 0 Å². The molecular weight excluding hydrogens is 424 g/mol. The van der Waals surface area contributed by atoms with Crippen LogP contribution in [0, 0.1) is 5.92 Å². The molecule has 0 saturated heterocycles. The zero-order chi connectivity index (χ0) is 13.1. The number of ether oxygens (including phenoxy) is 1. The second-order valence-electron chi connectivity index (χ2n) is 5.02. The number of halogens is 3. The molecule has 0 heterocycles. The molecule has 1 saturated carbocycles. The van der Waals surface area contributed by atoms with Crippen molar-refractivity contribution in [3.05, 3.63) is 26.6 Å². The molecule has 1 aromatic carbocycles. The Kier molecular flexibility index (Phi) is 5.58. The van der Waals surface area contributed by atoms with Crippen LogP contribution >= 0.6 is 47.8 Å². The third-order valence-corrected chi connectivity index (χ3v) is 5.29. The highest BCUT2D eigenvalue weighted by molar-refractivity contribution is 9.11. The average Bonchev–Trinajstić information content (AvgIpc) is 2.35. The Morgan fingerprint density at radius 2 is 1.67 bits per heavy atom. The van der Waals surface area contributed by atoms with Gasteiger partial charge in [0.15, 0.2) is 0 Å². The van der Waals surface area contributed by atoms with E-state index in [2.05, 4.69) is 66.8 Å². The summed E-state index contributed by atoms with van der Waals surface area (Å²) < 4.78 is 8.22. The molecule has 1 aliphatic rings. The molecule has 0 aliphatic heterocycles. The van der Waals surface area contributed by atoms with Crippen molar-refractivity contribution < 1.29 is 4.74 Å². The van der Waals surface area contributed by atoms with Crippen LogP contribution in [0.3, 0.4) is 0 Å². The molecular formula is C14H17Br3O. The Bertz CT molecular complexity index is 388. The molecule has 0 spiro atoms. The van der Waals surface area contributed by atoms with Crippen LogP contribution in [-0.2, 0) is 5.33 Å². The molecule has 1 aromatic rings. The van der Waals surface area contributed by atoms with Crippen LogP contribution in [-0.4, -0.2) is 6.10 Å². The first-order chi connectivity index (χ1) is 8.60. The largest absolute Gasteiger partial charge is 0.488 e. The van der Waals surface area contributed by atoms with Gasteiger partial charge in [0.2, 0.25) is 0 Å².